The van der Waals surface area contributed by atoms with E-state index in [-0.39, 0.29) is 0 Å². The Morgan fingerprint density at radius 2 is 2.33 bits per heavy atom. The zero-order chi connectivity index (χ0) is 10.7. The topological polar surface area (TPSA) is 43.8 Å². The van der Waals surface area contributed by atoms with Gasteiger partial charge in [0.25, 0.3) is 0 Å². The van der Waals surface area contributed by atoms with Gasteiger partial charge in [0, 0.05) is 12.7 Å². The van der Waals surface area contributed by atoms with Gasteiger partial charge in [0.05, 0.1) is 11.7 Å². The van der Waals surface area contributed by atoms with Crippen molar-refractivity contribution in [2.75, 3.05) is 6.54 Å². The van der Waals surface area contributed by atoms with Gasteiger partial charge in [0.2, 0.25) is 0 Å². The van der Waals surface area contributed by atoms with Crippen LogP contribution in [0.3, 0.4) is 0 Å². The first-order valence-corrected chi connectivity index (χ1v) is 5.72. The molecular formula is C12H19N3. The normalized spacial score (nSPS) is 18.7. The van der Waals surface area contributed by atoms with Crippen molar-refractivity contribution in [1.82, 2.24) is 9.78 Å². The molecule has 0 bridgehead atoms. The molecule has 0 saturated heterocycles. The summed E-state index contributed by atoms with van der Waals surface area (Å²) in [5.74, 6) is 0. The van der Waals surface area contributed by atoms with E-state index in [2.05, 4.69) is 28.1 Å². The van der Waals surface area contributed by atoms with Gasteiger partial charge in [-0.1, -0.05) is 18.4 Å². The maximum absolute atomic E-state index is 5.55. The van der Waals surface area contributed by atoms with Crippen molar-refractivity contribution in [3.05, 3.63) is 23.5 Å². The number of nitrogens with zero attached hydrogens (tertiary/aromatic N) is 2. The van der Waals surface area contributed by atoms with Crippen molar-refractivity contribution in [2.45, 2.75) is 38.6 Å². The van der Waals surface area contributed by atoms with Gasteiger partial charge in [-0.15, -0.1) is 0 Å². The Hall–Kier alpha value is -1.09. The average molecular weight is 205 g/mol. The monoisotopic (exact) mass is 205 g/mol. The van der Waals surface area contributed by atoms with Gasteiger partial charge in [-0.3, -0.25) is 4.68 Å². The van der Waals surface area contributed by atoms with Crippen LogP contribution >= 0.6 is 0 Å². The van der Waals surface area contributed by atoms with Gasteiger partial charge in [-0.2, -0.15) is 5.10 Å². The first-order chi connectivity index (χ1) is 7.29. The molecule has 0 aromatic carbocycles. The van der Waals surface area contributed by atoms with Crippen LogP contribution in [0.15, 0.2) is 17.8 Å². The molecule has 0 spiro atoms. The van der Waals surface area contributed by atoms with Crippen LogP contribution in [0.1, 0.15) is 44.3 Å². The molecule has 2 rings (SSSR count). The third-order valence-corrected chi connectivity index (χ3v) is 3.04. The molecule has 2 N–H and O–H groups in total. The van der Waals surface area contributed by atoms with Crippen molar-refractivity contribution >= 4 is 6.08 Å². The van der Waals surface area contributed by atoms with Crippen LogP contribution in [-0.4, -0.2) is 16.3 Å². The molecular weight excluding hydrogens is 186 g/mol. The highest BCUT2D eigenvalue weighted by Gasteiger charge is 2.16. The molecule has 1 aromatic heterocycles. The van der Waals surface area contributed by atoms with Crippen molar-refractivity contribution in [2.24, 2.45) is 5.73 Å². The molecule has 3 nitrogen and oxygen atoms in total. The second-order valence-electron chi connectivity index (χ2n) is 4.35. The quantitative estimate of drug-likeness (QED) is 0.823. The lowest BCUT2D eigenvalue weighted by atomic mass is 10.2. The van der Waals surface area contributed by atoms with Crippen LogP contribution in [0.25, 0.3) is 6.08 Å². The number of aromatic nitrogens is 2. The fourth-order valence-corrected chi connectivity index (χ4v) is 2.11. The lowest BCUT2D eigenvalue weighted by Crippen LogP contribution is -2.05. The molecule has 3 heteroatoms. The summed E-state index contributed by atoms with van der Waals surface area (Å²) in [5, 5.41) is 4.56. The van der Waals surface area contributed by atoms with E-state index in [1.807, 2.05) is 6.92 Å². The van der Waals surface area contributed by atoms with Gasteiger partial charge in [0.15, 0.2) is 0 Å². The minimum absolute atomic E-state index is 0.607. The molecule has 1 saturated carbocycles. The Morgan fingerprint density at radius 3 is 3.00 bits per heavy atom. The number of hydrogen-bond acceptors (Lipinski definition) is 2. The van der Waals surface area contributed by atoms with Crippen LogP contribution in [0, 0.1) is 0 Å². The number of nitrogens with two attached hydrogens (primary N) is 1. The first kappa shape index (κ1) is 10.4. The Balaban J connectivity index is 2.09. The SMILES string of the molecule is C/C(=C/c1ccn(C2CCCC2)n1)CN. The van der Waals surface area contributed by atoms with Gasteiger partial charge < -0.3 is 5.73 Å². The van der Waals surface area contributed by atoms with Crippen molar-refractivity contribution < 1.29 is 0 Å². The summed E-state index contributed by atoms with van der Waals surface area (Å²) in [6, 6.07) is 2.70. The molecule has 0 aliphatic heterocycles. The molecule has 0 radical (unpaired) electrons. The number of rotatable bonds is 3. The largest absolute Gasteiger partial charge is 0.327 e. The maximum Gasteiger partial charge on any atom is 0.0850 e. The van der Waals surface area contributed by atoms with E-state index in [0.29, 0.717) is 12.6 Å². The van der Waals surface area contributed by atoms with Gasteiger partial charge in [-0.05, 0) is 31.9 Å². The van der Waals surface area contributed by atoms with Gasteiger partial charge >= 0.3 is 0 Å². The summed E-state index contributed by atoms with van der Waals surface area (Å²) in [4.78, 5) is 0. The first-order valence-electron chi connectivity index (χ1n) is 5.72. The molecule has 82 valence electrons. The van der Waals surface area contributed by atoms with Crippen molar-refractivity contribution in [3.8, 4) is 0 Å². The van der Waals surface area contributed by atoms with Crippen LogP contribution in [0.2, 0.25) is 0 Å². The molecule has 0 amide bonds. The minimum atomic E-state index is 0.607. The third kappa shape index (κ3) is 2.48. The van der Waals surface area contributed by atoms with E-state index in [4.69, 9.17) is 5.73 Å². The molecule has 0 atom stereocenters. The van der Waals surface area contributed by atoms with Crippen molar-refractivity contribution in [1.29, 1.82) is 0 Å². The van der Waals surface area contributed by atoms with E-state index in [0.717, 1.165) is 5.69 Å². The highest BCUT2D eigenvalue weighted by molar-refractivity contribution is 5.47. The standard InChI is InChI=1S/C12H19N3/c1-10(9-13)8-11-6-7-15(14-11)12-4-2-3-5-12/h6-8,12H,2-5,9,13H2,1H3/b10-8-. The predicted molar refractivity (Wildman–Crippen MR) is 62.4 cm³/mol. The molecule has 1 aliphatic carbocycles. The van der Waals surface area contributed by atoms with E-state index in [1.165, 1.54) is 31.3 Å². The van der Waals surface area contributed by atoms with Gasteiger partial charge in [0.1, 0.15) is 0 Å². The summed E-state index contributed by atoms with van der Waals surface area (Å²) >= 11 is 0. The zero-order valence-corrected chi connectivity index (χ0v) is 9.32. The summed E-state index contributed by atoms with van der Waals surface area (Å²) in [5.41, 5.74) is 7.75. The predicted octanol–water partition coefficient (Wildman–Crippen LogP) is 2.36. The Kier molecular flexibility index (Phi) is 3.21. The summed E-state index contributed by atoms with van der Waals surface area (Å²) in [6.07, 6.45) is 9.40. The second kappa shape index (κ2) is 4.62. The Morgan fingerprint density at radius 1 is 1.60 bits per heavy atom. The van der Waals surface area contributed by atoms with E-state index in [1.54, 1.807) is 0 Å². The summed E-state index contributed by atoms with van der Waals surface area (Å²) < 4.78 is 2.11. The minimum Gasteiger partial charge on any atom is -0.327 e. The van der Waals surface area contributed by atoms with E-state index >= 15 is 0 Å². The van der Waals surface area contributed by atoms with Gasteiger partial charge in [-0.25, -0.2) is 0 Å². The lowest BCUT2D eigenvalue weighted by Gasteiger charge is -2.08. The smallest absolute Gasteiger partial charge is 0.0850 e. The van der Waals surface area contributed by atoms with Crippen LogP contribution in [-0.2, 0) is 0 Å². The highest BCUT2D eigenvalue weighted by Crippen LogP contribution is 2.28. The average Bonchev–Trinajstić information content (AvgIpc) is 2.85. The molecule has 0 unspecified atom stereocenters. The Bertz CT molecular complexity index is 346. The third-order valence-electron chi connectivity index (χ3n) is 3.04. The lowest BCUT2D eigenvalue weighted by molar-refractivity contribution is 0.466. The number of hydrogen-bond donors (Lipinski definition) is 1. The van der Waals surface area contributed by atoms with E-state index < -0.39 is 0 Å². The van der Waals surface area contributed by atoms with Crippen molar-refractivity contribution in [3.63, 3.8) is 0 Å². The molecule has 1 fully saturated rings. The van der Waals surface area contributed by atoms with Crippen LogP contribution < -0.4 is 5.73 Å². The zero-order valence-electron chi connectivity index (χ0n) is 9.32. The second-order valence-corrected chi connectivity index (χ2v) is 4.35. The van der Waals surface area contributed by atoms with Crippen LogP contribution in [0.5, 0.6) is 0 Å². The van der Waals surface area contributed by atoms with Crippen LogP contribution in [0.4, 0.5) is 0 Å². The summed E-state index contributed by atoms with van der Waals surface area (Å²) in [6.45, 7) is 2.64. The fourth-order valence-electron chi connectivity index (χ4n) is 2.11. The molecule has 15 heavy (non-hydrogen) atoms. The highest BCUT2D eigenvalue weighted by atomic mass is 15.3. The van der Waals surface area contributed by atoms with E-state index in [9.17, 15) is 0 Å². The fraction of sp³-hybridized carbons (Fsp3) is 0.583. The summed E-state index contributed by atoms with van der Waals surface area (Å²) in [7, 11) is 0. The maximum atomic E-state index is 5.55. The molecule has 1 heterocycles. The molecule has 1 aromatic rings. The molecule has 1 aliphatic rings. The Labute approximate surface area is 91.0 Å².